The van der Waals surface area contributed by atoms with Gasteiger partial charge in [0.2, 0.25) is 0 Å². The molecular weight excluding hydrogens is 739 g/mol. The number of hydrogen-bond donors (Lipinski definition) is 0. The van der Waals surface area contributed by atoms with Gasteiger partial charge >= 0.3 is 0 Å². The fraction of sp³-hybridized carbons (Fsp3) is 0.0169. The largest absolute Gasteiger partial charge is 0.455 e. The van der Waals surface area contributed by atoms with Crippen LogP contribution in [0.2, 0.25) is 0 Å². The molecule has 0 amide bonds. The molecule has 0 aromatic heterocycles. The molecule has 2 heteroatoms. The fourth-order valence-corrected chi connectivity index (χ4v) is 10.8. The van der Waals surface area contributed by atoms with Gasteiger partial charge in [-0.3, -0.25) is 0 Å². The Morgan fingerprint density at radius 3 is 1.62 bits per heavy atom. The maximum atomic E-state index is 7.04. The topological polar surface area (TPSA) is 12.5 Å². The van der Waals surface area contributed by atoms with Crippen LogP contribution in [0, 0.1) is 0 Å². The minimum Gasteiger partial charge on any atom is -0.455 e. The maximum Gasteiger partial charge on any atom is 0.143 e. The highest BCUT2D eigenvalue weighted by Gasteiger charge is 2.52. The summed E-state index contributed by atoms with van der Waals surface area (Å²) in [7, 11) is 0. The van der Waals surface area contributed by atoms with Crippen LogP contribution in [0.4, 0.5) is 17.1 Å². The molecule has 0 atom stereocenters. The number of rotatable bonds is 4. The number of benzene rings is 10. The van der Waals surface area contributed by atoms with Crippen LogP contribution >= 0.6 is 0 Å². The van der Waals surface area contributed by atoms with Gasteiger partial charge in [0.1, 0.15) is 11.5 Å². The van der Waals surface area contributed by atoms with Crippen LogP contribution in [0.1, 0.15) is 22.3 Å². The fourth-order valence-electron chi connectivity index (χ4n) is 10.8. The molecule has 0 N–H and O–H groups in total. The molecule has 0 saturated heterocycles. The Labute approximate surface area is 355 Å². The molecule has 3 aliphatic rings. The molecule has 0 radical (unpaired) electrons. The van der Waals surface area contributed by atoms with Crippen molar-refractivity contribution in [2.24, 2.45) is 0 Å². The molecule has 10 aromatic rings. The van der Waals surface area contributed by atoms with Crippen molar-refractivity contribution in [3.63, 3.8) is 0 Å². The Morgan fingerprint density at radius 2 is 0.869 bits per heavy atom. The quantitative estimate of drug-likeness (QED) is 0.177. The van der Waals surface area contributed by atoms with Crippen LogP contribution in [0.5, 0.6) is 11.5 Å². The minimum absolute atomic E-state index is 0.468. The first-order valence-corrected chi connectivity index (χ1v) is 21.1. The highest BCUT2D eigenvalue weighted by atomic mass is 16.5. The average molecular weight is 776 g/mol. The van der Waals surface area contributed by atoms with Crippen molar-refractivity contribution >= 4 is 27.8 Å². The third-order valence-corrected chi connectivity index (χ3v) is 13.3. The van der Waals surface area contributed by atoms with E-state index in [-0.39, 0.29) is 0 Å². The lowest BCUT2D eigenvalue weighted by molar-refractivity contribution is 0.493. The van der Waals surface area contributed by atoms with E-state index in [1.807, 2.05) is 0 Å². The first-order valence-electron chi connectivity index (χ1n) is 21.1. The number of ether oxygens (including phenoxy) is 1. The Hall–Kier alpha value is -7.94. The zero-order valence-corrected chi connectivity index (χ0v) is 33.2. The van der Waals surface area contributed by atoms with Crippen molar-refractivity contribution in [3.05, 3.63) is 247 Å². The highest BCUT2D eigenvalue weighted by molar-refractivity contribution is 6.08. The van der Waals surface area contributed by atoms with E-state index in [2.05, 4.69) is 229 Å². The molecule has 2 aliphatic carbocycles. The van der Waals surface area contributed by atoms with Crippen molar-refractivity contribution in [3.8, 4) is 67.1 Å². The Balaban J connectivity index is 1.14. The van der Waals surface area contributed by atoms with E-state index in [9.17, 15) is 0 Å². The summed E-state index contributed by atoms with van der Waals surface area (Å²) in [6.07, 6.45) is 0. The molecule has 1 aliphatic heterocycles. The van der Waals surface area contributed by atoms with Crippen LogP contribution in [0.3, 0.4) is 0 Å². The normalized spacial score (nSPS) is 13.2. The lowest BCUT2D eigenvalue weighted by atomic mass is 9.70. The lowest BCUT2D eigenvalue weighted by Crippen LogP contribution is -2.26. The molecule has 0 fully saturated rings. The van der Waals surface area contributed by atoms with Gasteiger partial charge in [0.15, 0.2) is 0 Å². The zero-order valence-electron chi connectivity index (χ0n) is 33.2. The Bertz CT molecular complexity index is 3350. The highest BCUT2D eigenvalue weighted by Crippen LogP contribution is 2.65. The average Bonchev–Trinajstić information content (AvgIpc) is 3.74. The molecule has 1 spiro atoms. The van der Waals surface area contributed by atoms with E-state index >= 15 is 0 Å². The smallest absolute Gasteiger partial charge is 0.143 e. The van der Waals surface area contributed by atoms with Crippen molar-refractivity contribution < 1.29 is 4.74 Å². The molecule has 2 nitrogen and oxygen atoms in total. The van der Waals surface area contributed by atoms with Gasteiger partial charge in [-0.2, -0.15) is 0 Å². The minimum atomic E-state index is -0.468. The number of nitrogens with zero attached hydrogens (tertiary/aromatic N) is 1. The summed E-state index contributed by atoms with van der Waals surface area (Å²) in [5.74, 6) is 1.72. The Morgan fingerprint density at radius 1 is 0.328 bits per heavy atom. The van der Waals surface area contributed by atoms with E-state index in [0.29, 0.717) is 0 Å². The third kappa shape index (κ3) is 4.73. The monoisotopic (exact) mass is 775 g/mol. The van der Waals surface area contributed by atoms with Gasteiger partial charge in [0.25, 0.3) is 0 Å². The van der Waals surface area contributed by atoms with Crippen LogP contribution in [-0.2, 0) is 5.41 Å². The van der Waals surface area contributed by atoms with E-state index in [4.69, 9.17) is 4.74 Å². The van der Waals surface area contributed by atoms with Crippen LogP contribution in [0.25, 0.3) is 66.4 Å². The van der Waals surface area contributed by atoms with Crippen molar-refractivity contribution in [2.75, 3.05) is 4.90 Å². The van der Waals surface area contributed by atoms with Gasteiger partial charge in [-0.1, -0.05) is 188 Å². The van der Waals surface area contributed by atoms with Crippen molar-refractivity contribution in [2.45, 2.75) is 5.41 Å². The zero-order chi connectivity index (χ0) is 40.1. The van der Waals surface area contributed by atoms with Gasteiger partial charge in [-0.25, -0.2) is 0 Å². The van der Waals surface area contributed by atoms with E-state index in [0.717, 1.165) is 61.6 Å². The molecule has 10 aromatic carbocycles. The van der Waals surface area contributed by atoms with Crippen LogP contribution < -0.4 is 9.64 Å². The summed E-state index contributed by atoms with van der Waals surface area (Å²) >= 11 is 0. The summed E-state index contributed by atoms with van der Waals surface area (Å²) in [6, 6.07) is 82.2. The third-order valence-electron chi connectivity index (χ3n) is 13.3. The summed E-state index contributed by atoms with van der Waals surface area (Å²) in [4.78, 5) is 2.52. The molecule has 1 heterocycles. The molecule has 0 saturated carbocycles. The molecule has 13 rings (SSSR count). The predicted molar refractivity (Wildman–Crippen MR) is 251 cm³/mol. The summed E-state index contributed by atoms with van der Waals surface area (Å²) in [5, 5.41) is 2.24. The van der Waals surface area contributed by atoms with E-state index < -0.39 is 5.41 Å². The number of para-hydroxylation sites is 1. The van der Waals surface area contributed by atoms with Crippen molar-refractivity contribution in [1.29, 1.82) is 0 Å². The number of hydrogen-bond acceptors (Lipinski definition) is 2. The standard InChI is InChI=1S/C59H37NO/c1-2-16-38(17-3-1)39-32-35-41(36-33-39)60(53-29-14-24-46-45-22-9-13-31-55(45)61-58-42-19-5-4-18-40(42)34-37-48(58)56(46)53)54-30-15-28-52-57(54)47-23-8-12-27-51(47)59(52)49-25-10-6-20-43(49)44-21-7-11-26-50(44)59/h1-37H. The maximum absolute atomic E-state index is 7.04. The first kappa shape index (κ1) is 34.0. The summed E-state index contributed by atoms with van der Waals surface area (Å²) in [5.41, 5.74) is 20.0. The van der Waals surface area contributed by atoms with Gasteiger partial charge in [0.05, 0.1) is 16.8 Å². The van der Waals surface area contributed by atoms with Crippen LogP contribution in [0.15, 0.2) is 224 Å². The van der Waals surface area contributed by atoms with E-state index in [1.165, 1.54) is 55.6 Å². The summed E-state index contributed by atoms with van der Waals surface area (Å²) in [6.45, 7) is 0. The van der Waals surface area contributed by atoms with Gasteiger partial charge in [0, 0.05) is 33.3 Å². The lowest BCUT2D eigenvalue weighted by Gasteiger charge is -2.33. The Kier molecular flexibility index (Phi) is 7.26. The second-order valence-electron chi connectivity index (χ2n) is 16.3. The SMILES string of the molecule is c1ccc(-c2ccc(N(c3cccc4c3-c3ccc5ccccc5c3Oc3ccccc3-4)c3cccc4c3-c3ccccc3C43c4ccccc4-c4ccccc43)cc2)cc1. The van der Waals surface area contributed by atoms with Crippen LogP contribution in [-0.4, -0.2) is 0 Å². The molecule has 0 bridgehead atoms. The number of anilines is 3. The van der Waals surface area contributed by atoms with Crippen molar-refractivity contribution in [1.82, 2.24) is 0 Å². The number of fused-ring (bicyclic) bond motifs is 17. The summed E-state index contributed by atoms with van der Waals surface area (Å²) < 4.78 is 7.04. The first-order chi connectivity index (χ1) is 30.3. The molecule has 0 unspecified atom stereocenters. The predicted octanol–water partition coefficient (Wildman–Crippen LogP) is 15.8. The second-order valence-corrected chi connectivity index (χ2v) is 16.3. The molecule has 61 heavy (non-hydrogen) atoms. The van der Waals surface area contributed by atoms with Gasteiger partial charge < -0.3 is 9.64 Å². The van der Waals surface area contributed by atoms with Gasteiger partial charge in [-0.15, -0.1) is 0 Å². The molecular formula is C59H37NO. The van der Waals surface area contributed by atoms with E-state index in [1.54, 1.807) is 0 Å². The molecule has 284 valence electrons. The van der Waals surface area contributed by atoms with Gasteiger partial charge in [-0.05, 0) is 97.4 Å². The second kappa shape index (κ2) is 13.0.